The Bertz CT molecular complexity index is 366. The Balaban J connectivity index is 2.31. The van der Waals surface area contributed by atoms with Gasteiger partial charge in [-0.15, -0.1) is 0 Å². The highest BCUT2D eigenvalue weighted by Gasteiger charge is 2.19. The van der Waals surface area contributed by atoms with Gasteiger partial charge in [-0.2, -0.15) is 12.6 Å². The van der Waals surface area contributed by atoms with E-state index in [2.05, 4.69) is 45.5 Å². The summed E-state index contributed by atoms with van der Waals surface area (Å²) in [5.74, 6) is 0.745. The summed E-state index contributed by atoms with van der Waals surface area (Å²) >= 11 is 4.58. The molecule has 1 unspecified atom stereocenters. The van der Waals surface area contributed by atoms with Crippen molar-refractivity contribution in [2.24, 2.45) is 5.92 Å². The summed E-state index contributed by atoms with van der Waals surface area (Å²) in [6.07, 6.45) is 3.52. The maximum atomic E-state index is 4.58. The van der Waals surface area contributed by atoms with Crippen molar-refractivity contribution in [2.75, 3.05) is 0 Å². The SMILES string of the molecule is Cc1cc2c(cc1CC(C)C)CC(S)C2. The van der Waals surface area contributed by atoms with Gasteiger partial charge in [0.1, 0.15) is 0 Å². The van der Waals surface area contributed by atoms with Crippen molar-refractivity contribution in [3.05, 3.63) is 34.4 Å². The lowest BCUT2D eigenvalue weighted by molar-refractivity contribution is 0.644. The Morgan fingerprint density at radius 1 is 1.27 bits per heavy atom. The number of aryl methyl sites for hydroxylation is 1. The van der Waals surface area contributed by atoms with Gasteiger partial charge < -0.3 is 0 Å². The van der Waals surface area contributed by atoms with Gasteiger partial charge in [0.25, 0.3) is 0 Å². The summed E-state index contributed by atoms with van der Waals surface area (Å²) in [7, 11) is 0. The summed E-state index contributed by atoms with van der Waals surface area (Å²) < 4.78 is 0. The third kappa shape index (κ3) is 2.39. The van der Waals surface area contributed by atoms with E-state index >= 15 is 0 Å². The molecule has 82 valence electrons. The standard InChI is InChI=1S/C14H20S/c1-9(2)4-11-6-13-8-14(15)7-12(13)5-10(11)3/h5-6,9,14-15H,4,7-8H2,1-3H3. The van der Waals surface area contributed by atoms with Gasteiger partial charge in [-0.25, -0.2) is 0 Å². The Morgan fingerprint density at radius 2 is 1.87 bits per heavy atom. The van der Waals surface area contributed by atoms with E-state index in [1.807, 2.05) is 0 Å². The minimum absolute atomic E-state index is 0.550. The van der Waals surface area contributed by atoms with Crippen molar-refractivity contribution < 1.29 is 0 Å². The van der Waals surface area contributed by atoms with Crippen LogP contribution in [-0.2, 0) is 19.3 Å². The Kier molecular flexibility index (Phi) is 3.11. The van der Waals surface area contributed by atoms with Crippen molar-refractivity contribution in [1.82, 2.24) is 0 Å². The molecule has 0 saturated heterocycles. The quantitative estimate of drug-likeness (QED) is 0.724. The average molecular weight is 220 g/mol. The molecule has 0 heterocycles. The average Bonchev–Trinajstić information content (AvgIpc) is 2.44. The molecule has 0 aliphatic heterocycles. The van der Waals surface area contributed by atoms with Crippen molar-refractivity contribution in [3.63, 3.8) is 0 Å². The number of rotatable bonds is 2. The predicted octanol–water partition coefficient (Wildman–Crippen LogP) is 3.59. The van der Waals surface area contributed by atoms with Crippen LogP contribution in [0.15, 0.2) is 12.1 Å². The van der Waals surface area contributed by atoms with E-state index in [-0.39, 0.29) is 0 Å². The molecule has 1 heteroatoms. The minimum atomic E-state index is 0.550. The largest absolute Gasteiger partial charge is 0.175 e. The number of fused-ring (bicyclic) bond motifs is 1. The summed E-state index contributed by atoms with van der Waals surface area (Å²) in [5, 5.41) is 0.550. The zero-order valence-corrected chi connectivity index (χ0v) is 10.8. The topological polar surface area (TPSA) is 0 Å². The van der Waals surface area contributed by atoms with Gasteiger partial charge in [0, 0.05) is 5.25 Å². The number of thiol groups is 1. The van der Waals surface area contributed by atoms with E-state index in [4.69, 9.17) is 0 Å². The summed E-state index contributed by atoms with van der Waals surface area (Å²) in [4.78, 5) is 0. The molecule has 0 N–H and O–H groups in total. The molecule has 0 fully saturated rings. The first-order chi connectivity index (χ1) is 7.06. The molecule has 0 saturated carbocycles. The van der Waals surface area contributed by atoms with Crippen molar-refractivity contribution in [1.29, 1.82) is 0 Å². The molecule has 0 aromatic heterocycles. The first-order valence-electron chi connectivity index (χ1n) is 5.85. The van der Waals surface area contributed by atoms with Crippen LogP contribution in [0.1, 0.15) is 36.1 Å². The first kappa shape index (κ1) is 11.1. The van der Waals surface area contributed by atoms with Gasteiger partial charge in [0.15, 0.2) is 0 Å². The second-order valence-electron chi connectivity index (χ2n) is 5.21. The molecule has 1 atom stereocenters. The van der Waals surface area contributed by atoms with E-state index in [0.29, 0.717) is 5.25 Å². The van der Waals surface area contributed by atoms with Crippen LogP contribution in [0.5, 0.6) is 0 Å². The van der Waals surface area contributed by atoms with Crippen LogP contribution < -0.4 is 0 Å². The molecule has 15 heavy (non-hydrogen) atoms. The maximum absolute atomic E-state index is 4.58. The Labute approximate surface area is 98.5 Å². The maximum Gasteiger partial charge on any atom is 0.00978 e. The van der Waals surface area contributed by atoms with E-state index in [9.17, 15) is 0 Å². The van der Waals surface area contributed by atoms with Crippen molar-refractivity contribution in [3.8, 4) is 0 Å². The lowest BCUT2D eigenvalue weighted by Gasteiger charge is -2.11. The molecular weight excluding hydrogens is 200 g/mol. The Morgan fingerprint density at radius 3 is 2.47 bits per heavy atom. The smallest absolute Gasteiger partial charge is 0.00978 e. The van der Waals surface area contributed by atoms with Gasteiger partial charge in [0.2, 0.25) is 0 Å². The number of benzene rings is 1. The van der Waals surface area contributed by atoms with Crippen LogP contribution in [0.2, 0.25) is 0 Å². The number of hydrogen-bond acceptors (Lipinski definition) is 1. The van der Waals surface area contributed by atoms with Crippen molar-refractivity contribution in [2.45, 2.75) is 45.3 Å². The second-order valence-corrected chi connectivity index (χ2v) is 5.94. The summed E-state index contributed by atoms with van der Waals surface area (Å²) in [6.45, 7) is 6.81. The normalized spacial score (nSPS) is 19.7. The van der Waals surface area contributed by atoms with E-state index < -0.39 is 0 Å². The third-order valence-corrected chi connectivity index (χ3v) is 3.56. The highest BCUT2D eigenvalue weighted by molar-refractivity contribution is 7.81. The fourth-order valence-corrected chi connectivity index (χ4v) is 2.88. The Hall–Kier alpha value is -0.430. The van der Waals surface area contributed by atoms with Crippen LogP contribution >= 0.6 is 12.6 Å². The molecule has 0 amide bonds. The van der Waals surface area contributed by atoms with Gasteiger partial charge in [-0.1, -0.05) is 26.0 Å². The molecule has 1 aliphatic rings. The lowest BCUT2D eigenvalue weighted by Crippen LogP contribution is -1.99. The zero-order chi connectivity index (χ0) is 11.0. The molecule has 0 bridgehead atoms. The monoisotopic (exact) mass is 220 g/mol. The molecule has 1 aliphatic carbocycles. The van der Waals surface area contributed by atoms with Crippen LogP contribution in [0.3, 0.4) is 0 Å². The third-order valence-electron chi connectivity index (χ3n) is 3.20. The van der Waals surface area contributed by atoms with E-state index in [1.165, 1.54) is 28.7 Å². The number of hydrogen-bond donors (Lipinski definition) is 1. The molecule has 1 aromatic rings. The summed E-state index contributed by atoms with van der Waals surface area (Å²) in [6, 6.07) is 4.80. The fraction of sp³-hybridized carbons (Fsp3) is 0.571. The van der Waals surface area contributed by atoms with E-state index in [1.54, 1.807) is 0 Å². The van der Waals surface area contributed by atoms with Crippen LogP contribution in [0.4, 0.5) is 0 Å². The van der Waals surface area contributed by atoms with Crippen LogP contribution in [0, 0.1) is 12.8 Å². The highest BCUT2D eigenvalue weighted by Crippen LogP contribution is 2.29. The molecular formula is C14H20S. The van der Waals surface area contributed by atoms with Gasteiger partial charge in [-0.05, 0) is 54.4 Å². The minimum Gasteiger partial charge on any atom is -0.175 e. The molecule has 0 radical (unpaired) electrons. The lowest BCUT2D eigenvalue weighted by atomic mass is 9.95. The molecule has 2 rings (SSSR count). The van der Waals surface area contributed by atoms with Gasteiger partial charge in [0.05, 0.1) is 0 Å². The zero-order valence-electron chi connectivity index (χ0n) is 9.88. The van der Waals surface area contributed by atoms with Gasteiger partial charge >= 0.3 is 0 Å². The highest BCUT2D eigenvalue weighted by atomic mass is 32.1. The van der Waals surface area contributed by atoms with Crippen LogP contribution in [-0.4, -0.2) is 5.25 Å². The molecule has 0 nitrogen and oxygen atoms in total. The second kappa shape index (κ2) is 4.21. The molecule has 1 aromatic carbocycles. The summed E-state index contributed by atoms with van der Waals surface area (Å²) in [5.41, 5.74) is 6.06. The van der Waals surface area contributed by atoms with E-state index in [0.717, 1.165) is 18.8 Å². The van der Waals surface area contributed by atoms with Crippen LogP contribution in [0.25, 0.3) is 0 Å². The molecule has 0 spiro atoms. The van der Waals surface area contributed by atoms with Gasteiger partial charge in [-0.3, -0.25) is 0 Å². The fourth-order valence-electron chi connectivity index (χ4n) is 2.48. The predicted molar refractivity (Wildman–Crippen MR) is 69.9 cm³/mol. The first-order valence-corrected chi connectivity index (χ1v) is 6.37. The van der Waals surface area contributed by atoms with Crippen molar-refractivity contribution >= 4 is 12.6 Å².